The Hall–Kier alpha value is -4.53. The summed E-state index contributed by atoms with van der Waals surface area (Å²) in [5, 5.41) is 12.2. The lowest BCUT2D eigenvalue weighted by Gasteiger charge is -2.23. The van der Waals surface area contributed by atoms with Gasteiger partial charge in [0, 0.05) is 18.1 Å². The third kappa shape index (κ3) is 6.26. The fourth-order valence-electron chi connectivity index (χ4n) is 2.89. The normalized spacial score (nSPS) is 12.2. The number of pyridine rings is 1. The van der Waals surface area contributed by atoms with Crippen molar-refractivity contribution < 1.29 is 33.8 Å². The van der Waals surface area contributed by atoms with Crippen molar-refractivity contribution in [2.45, 2.75) is 26.1 Å². The number of carboxylic acid groups (broad SMARTS) is 1. The summed E-state index contributed by atoms with van der Waals surface area (Å²) < 4.78 is 10.4. The van der Waals surface area contributed by atoms with Gasteiger partial charge in [0.05, 0.1) is 11.1 Å². The Morgan fingerprint density at radius 1 is 0.735 bits per heavy atom. The van der Waals surface area contributed by atoms with Crippen molar-refractivity contribution in [1.29, 1.82) is 0 Å². The SMILES string of the molecule is Cc1ccc(C(=O)O[C@H](C(=O)Nc2ccncc2)[C@@H](OC(=O)c2ccc(C)cc2)C(=O)O)cc1. The van der Waals surface area contributed by atoms with E-state index in [-0.39, 0.29) is 16.8 Å². The van der Waals surface area contributed by atoms with Crippen LogP contribution in [0.15, 0.2) is 73.1 Å². The van der Waals surface area contributed by atoms with Crippen LogP contribution in [0, 0.1) is 13.8 Å². The van der Waals surface area contributed by atoms with E-state index in [4.69, 9.17) is 9.47 Å². The molecule has 2 N–H and O–H groups in total. The minimum Gasteiger partial charge on any atom is -0.478 e. The Balaban J connectivity index is 1.89. The summed E-state index contributed by atoms with van der Waals surface area (Å²) >= 11 is 0. The second-order valence-corrected chi connectivity index (χ2v) is 7.45. The lowest BCUT2D eigenvalue weighted by Crippen LogP contribution is -2.48. The third-order valence-electron chi connectivity index (χ3n) is 4.77. The van der Waals surface area contributed by atoms with Gasteiger partial charge in [-0.15, -0.1) is 0 Å². The molecule has 0 fully saturated rings. The zero-order valence-electron chi connectivity index (χ0n) is 18.4. The molecule has 0 saturated carbocycles. The lowest BCUT2D eigenvalue weighted by atomic mass is 10.1. The molecule has 0 aliphatic rings. The molecule has 3 rings (SSSR count). The molecule has 9 nitrogen and oxygen atoms in total. The number of hydrogen-bond acceptors (Lipinski definition) is 7. The van der Waals surface area contributed by atoms with Gasteiger partial charge in [0.1, 0.15) is 0 Å². The number of esters is 2. The fourth-order valence-corrected chi connectivity index (χ4v) is 2.89. The Morgan fingerprint density at radius 2 is 1.18 bits per heavy atom. The second-order valence-electron chi connectivity index (χ2n) is 7.45. The molecule has 0 radical (unpaired) electrons. The van der Waals surface area contributed by atoms with Crippen molar-refractivity contribution in [1.82, 2.24) is 4.98 Å². The van der Waals surface area contributed by atoms with E-state index in [1.807, 2.05) is 13.8 Å². The summed E-state index contributed by atoms with van der Waals surface area (Å²) in [6.07, 6.45) is -1.26. The highest BCUT2D eigenvalue weighted by atomic mass is 16.6. The maximum atomic E-state index is 13.0. The number of carboxylic acids is 1. The molecule has 0 bridgehead atoms. The molecule has 2 atom stereocenters. The minimum atomic E-state index is -2.11. The van der Waals surface area contributed by atoms with Crippen molar-refractivity contribution in [3.05, 3.63) is 95.3 Å². The second kappa shape index (κ2) is 10.9. The van der Waals surface area contributed by atoms with Crippen LogP contribution in [-0.2, 0) is 19.1 Å². The minimum absolute atomic E-state index is 0.0787. The van der Waals surface area contributed by atoms with Gasteiger partial charge in [0.25, 0.3) is 5.91 Å². The number of hydrogen-bond donors (Lipinski definition) is 2. The summed E-state index contributed by atoms with van der Waals surface area (Å²) in [5.74, 6) is -4.59. The smallest absolute Gasteiger partial charge is 0.349 e. The number of carbonyl (C=O) groups excluding carboxylic acids is 3. The van der Waals surface area contributed by atoms with Crippen molar-refractivity contribution in [3.63, 3.8) is 0 Å². The first-order valence-electron chi connectivity index (χ1n) is 10.2. The highest BCUT2D eigenvalue weighted by Gasteiger charge is 2.41. The molecule has 3 aromatic rings. The number of rotatable bonds is 8. The largest absolute Gasteiger partial charge is 0.478 e. The Morgan fingerprint density at radius 3 is 1.62 bits per heavy atom. The Kier molecular flexibility index (Phi) is 7.71. The zero-order valence-corrected chi connectivity index (χ0v) is 18.4. The van der Waals surface area contributed by atoms with Gasteiger partial charge in [-0.2, -0.15) is 0 Å². The van der Waals surface area contributed by atoms with E-state index in [0.717, 1.165) is 11.1 Å². The van der Waals surface area contributed by atoms with Crippen LogP contribution < -0.4 is 5.32 Å². The molecule has 0 aliphatic heterocycles. The van der Waals surface area contributed by atoms with Crippen LogP contribution in [-0.4, -0.2) is 46.1 Å². The molecular formula is C25H22N2O7. The average molecular weight is 462 g/mol. The quantitative estimate of drug-likeness (QED) is 0.488. The van der Waals surface area contributed by atoms with Crippen molar-refractivity contribution in [2.75, 3.05) is 5.32 Å². The van der Waals surface area contributed by atoms with Gasteiger partial charge < -0.3 is 19.9 Å². The molecule has 34 heavy (non-hydrogen) atoms. The van der Waals surface area contributed by atoms with Gasteiger partial charge >= 0.3 is 17.9 Å². The first-order valence-corrected chi connectivity index (χ1v) is 10.2. The highest BCUT2D eigenvalue weighted by molar-refractivity contribution is 6.01. The van der Waals surface area contributed by atoms with E-state index < -0.39 is 36.0 Å². The summed E-state index contributed by atoms with van der Waals surface area (Å²) in [4.78, 5) is 54.1. The highest BCUT2D eigenvalue weighted by Crippen LogP contribution is 2.16. The number of aromatic nitrogens is 1. The van der Waals surface area contributed by atoms with Crippen LogP contribution in [0.25, 0.3) is 0 Å². The molecule has 2 aromatic carbocycles. The number of nitrogens with zero attached hydrogens (tertiary/aromatic N) is 1. The lowest BCUT2D eigenvalue weighted by molar-refractivity contribution is -0.157. The standard InChI is InChI=1S/C25H22N2O7/c1-15-3-7-17(8-4-15)24(31)33-20(22(28)27-19-11-13-26-14-12-19)21(23(29)30)34-25(32)18-9-5-16(2)6-10-18/h3-14,20-21H,1-2H3,(H,29,30)(H,26,27,28)/t20-,21+/m0/s1. The summed E-state index contributed by atoms with van der Waals surface area (Å²) in [6, 6.07) is 15.4. The Labute approximate surface area is 195 Å². The van der Waals surface area contributed by atoms with E-state index >= 15 is 0 Å². The topological polar surface area (TPSA) is 132 Å². The van der Waals surface area contributed by atoms with Crippen molar-refractivity contribution >= 4 is 29.5 Å². The maximum absolute atomic E-state index is 13.0. The number of carbonyl (C=O) groups is 4. The molecule has 1 amide bonds. The number of amides is 1. The van der Waals surface area contributed by atoms with Gasteiger partial charge in [-0.05, 0) is 50.2 Å². The fraction of sp³-hybridized carbons (Fsp3) is 0.160. The number of nitrogens with one attached hydrogen (secondary N) is 1. The summed E-state index contributed by atoms with van der Waals surface area (Å²) in [5.41, 5.74) is 2.23. The first kappa shape index (κ1) is 24.1. The van der Waals surface area contributed by atoms with E-state index in [9.17, 15) is 24.3 Å². The third-order valence-corrected chi connectivity index (χ3v) is 4.77. The van der Waals surface area contributed by atoms with Crippen molar-refractivity contribution in [3.8, 4) is 0 Å². The number of benzene rings is 2. The molecule has 174 valence electrons. The number of aliphatic carboxylic acids is 1. The van der Waals surface area contributed by atoms with E-state index in [0.29, 0.717) is 0 Å². The molecular weight excluding hydrogens is 440 g/mol. The average Bonchev–Trinajstić information content (AvgIpc) is 2.82. The molecule has 0 unspecified atom stereocenters. The van der Waals surface area contributed by atoms with Gasteiger partial charge in [-0.1, -0.05) is 35.4 Å². The molecule has 0 spiro atoms. The van der Waals surface area contributed by atoms with Crippen LogP contribution >= 0.6 is 0 Å². The molecule has 0 aliphatic carbocycles. The number of anilines is 1. The Bertz CT molecular complexity index is 1180. The number of ether oxygens (including phenoxy) is 2. The molecule has 9 heteroatoms. The monoisotopic (exact) mass is 462 g/mol. The maximum Gasteiger partial charge on any atom is 0.349 e. The van der Waals surface area contributed by atoms with E-state index in [1.165, 1.54) is 48.8 Å². The number of aryl methyl sites for hydroxylation is 2. The first-order chi connectivity index (χ1) is 16.2. The van der Waals surface area contributed by atoms with Gasteiger partial charge in [0.2, 0.25) is 12.2 Å². The van der Waals surface area contributed by atoms with Crippen LogP contribution in [0.3, 0.4) is 0 Å². The zero-order chi connectivity index (χ0) is 24.7. The van der Waals surface area contributed by atoms with Crippen LogP contribution in [0.5, 0.6) is 0 Å². The van der Waals surface area contributed by atoms with Gasteiger partial charge in [0.15, 0.2) is 0 Å². The predicted octanol–water partition coefficient (Wildman–Crippen LogP) is 3.17. The summed E-state index contributed by atoms with van der Waals surface area (Å²) in [6.45, 7) is 3.64. The van der Waals surface area contributed by atoms with E-state index in [1.54, 1.807) is 24.3 Å². The van der Waals surface area contributed by atoms with Gasteiger partial charge in [-0.25, -0.2) is 14.4 Å². The van der Waals surface area contributed by atoms with Crippen molar-refractivity contribution in [2.24, 2.45) is 0 Å². The van der Waals surface area contributed by atoms with E-state index in [2.05, 4.69) is 10.3 Å². The predicted molar refractivity (Wildman–Crippen MR) is 121 cm³/mol. The molecule has 0 saturated heterocycles. The van der Waals surface area contributed by atoms with Crippen LogP contribution in [0.4, 0.5) is 5.69 Å². The van der Waals surface area contributed by atoms with Crippen LogP contribution in [0.1, 0.15) is 31.8 Å². The molecule has 1 aromatic heterocycles. The van der Waals surface area contributed by atoms with Crippen LogP contribution in [0.2, 0.25) is 0 Å². The van der Waals surface area contributed by atoms with Gasteiger partial charge in [-0.3, -0.25) is 9.78 Å². The molecule has 1 heterocycles. The summed E-state index contributed by atoms with van der Waals surface area (Å²) in [7, 11) is 0.